The molecule has 0 fully saturated rings. The van der Waals surface area contributed by atoms with Crippen molar-refractivity contribution in [2.75, 3.05) is 0 Å². The van der Waals surface area contributed by atoms with E-state index in [0.717, 1.165) is 0 Å². The number of aromatic nitrogens is 2. The van der Waals surface area contributed by atoms with Gasteiger partial charge in [-0.1, -0.05) is 12.1 Å². The van der Waals surface area contributed by atoms with Crippen LogP contribution in [0.5, 0.6) is 6.01 Å². The SMILES string of the molecule is NC(=O)Oc1ncc(-c2ccccc2[N+](=O)[O-])cn1. The van der Waals surface area contributed by atoms with Crippen molar-refractivity contribution in [2.24, 2.45) is 5.73 Å². The van der Waals surface area contributed by atoms with Crippen LogP contribution in [0.15, 0.2) is 36.7 Å². The van der Waals surface area contributed by atoms with Gasteiger partial charge in [-0.05, 0) is 6.07 Å². The molecule has 8 nitrogen and oxygen atoms in total. The van der Waals surface area contributed by atoms with Gasteiger partial charge >= 0.3 is 12.1 Å². The Kier molecular flexibility index (Phi) is 3.33. The summed E-state index contributed by atoms with van der Waals surface area (Å²) in [5.74, 6) is 0. The summed E-state index contributed by atoms with van der Waals surface area (Å²) in [5.41, 5.74) is 5.55. The molecule has 0 radical (unpaired) electrons. The lowest BCUT2D eigenvalue weighted by Gasteiger charge is -2.03. The monoisotopic (exact) mass is 260 g/mol. The Morgan fingerprint density at radius 1 is 1.26 bits per heavy atom. The topological polar surface area (TPSA) is 121 Å². The summed E-state index contributed by atoms with van der Waals surface area (Å²) in [6.07, 6.45) is 1.60. The number of nitro groups is 1. The molecule has 0 atom stereocenters. The number of ether oxygens (including phenoxy) is 1. The average molecular weight is 260 g/mol. The summed E-state index contributed by atoms with van der Waals surface area (Å²) in [7, 11) is 0. The molecular formula is C11H8N4O4. The van der Waals surface area contributed by atoms with Crippen LogP contribution in [0.2, 0.25) is 0 Å². The molecule has 0 aliphatic rings. The Balaban J connectivity index is 2.37. The number of carbonyl (C=O) groups is 1. The molecule has 8 heteroatoms. The highest BCUT2D eigenvalue weighted by molar-refractivity contribution is 5.72. The number of nitrogens with zero attached hydrogens (tertiary/aromatic N) is 3. The number of para-hydroxylation sites is 1. The van der Waals surface area contributed by atoms with E-state index in [4.69, 9.17) is 5.73 Å². The fraction of sp³-hybridized carbons (Fsp3) is 0. The first-order chi connectivity index (χ1) is 9.08. The largest absolute Gasteiger partial charge is 0.412 e. The van der Waals surface area contributed by atoms with Crippen LogP contribution in [-0.2, 0) is 0 Å². The zero-order chi connectivity index (χ0) is 13.8. The number of benzene rings is 1. The van der Waals surface area contributed by atoms with Gasteiger partial charge in [-0.3, -0.25) is 10.1 Å². The second kappa shape index (κ2) is 5.08. The first kappa shape index (κ1) is 12.4. The molecule has 0 unspecified atom stereocenters. The number of carbonyl (C=O) groups excluding carboxylic acids is 1. The van der Waals surface area contributed by atoms with Gasteiger partial charge in [0.2, 0.25) is 0 Å². The van der Waals surface area contributed by atoms with E-state index in [0.29, 0.717) is 11.1 Å². The smallest absolute Gasteiger partial charge is 0.374 e. The van der Waals surface area contributed by atoms with Crippen LogP contribution in [0.25, 0.3) is 11.1 Å². The van der Waals surface area contributed by atoms with Crippen molar-refractivity contribution in [3.05, 3.63) is 46.8 Å². The lowest BCUT2D eigenvalue weighted by molar-refractivity contribution is -0.384. The molecule has 1 aromatic heterocycles. The lowest BCUT2D eigenvalue weighted by Crippen LogP contribution is -2.17. The number of hydrogen-bond donors (Lipinski definition) is 1. The van der Waals surface area contributed by atoms with Gasteiger partial charge in [-0.15, -0.1) is 0 Å². The zero-order valence-electron chi connectivity index (χ0n) is 9.52. The van der Waals surface area contributed by atoms with Gasteiger partial charge in [-0.2, -0.15) is 0 Å². The first-order valence-corrected chi connectivity index (χ1v) is 5.11. The normalized spacial score (nSPS) is 9.89. The fourth-order valence-corrected chi connectivity index (χ4v) is 1.47. The number of hydrogen-bond acceptors (Lipinski definition) is 6. The molecule has 1 heterocycles. The summed E-state index contributed by atoms with van der Waals surface area (Å²) in [5, 5.41) is 10.9. The van der Waals surface area contributed by atoms with Crippen molar-refractivity contribution in [1.29, 1.82) is 0 Å². The van der Waals surface area contributed by atoms with Crippen LogP contribution in [0, 0.1) is 10.1 Å². The zero-order valence-corrected chi connectivity index (χ0v) is 9.52. The first-order valence-electron chi connectivity index (χ1n) is 5.11. The predicted octanol–water partition coefficient (Wildman–Crippen LogP) is 1.51. The van der Waals surface area contributed by atoms with Gasteiger partial charge in [-0.25, -0.2) is 14.8 Å². The Morgan fingerprint density at radius 2 is 1.89 bits per heavy atom. The fourth-order valence-electron chi connectivity index (χ4n) is 1.47. The predicted molar refractivity (Wildman–Crippen MR) is 64.3 cm³/mol. The molecule has 2 aromatic rings. The summed E-state index contributed by atoms with van der Waals surface area (Å²) < 4.78 is 4.47. The third-order valence-corrected chi connectivity index (χ3v) is 2.23. The van der Waals surface area contributed by atoms with Crippen LogP contribution in [-0.4, -0.2) is 21.0 Å². The van der Waals surface area contributed by atoms with Gasteiger partial charge in [0.1, 0.15) is 0 Å². The lowest BCUT2D eigenvalue weighted by atomic mass is 10.1. The van der Waals surface area contributed by atoms with E-state index in [2.05, 4.69) is 14.7 Å². The van der Waals surface area contributed by atoms with Crippen molar-refractivity contribution in [3.63, 3.8) is 0 Å². The van der Waals surface area contributed by atoms with Crippen molar-refractivity contribution < 1.29 is 14.5 Å². The molecule has 0 saturated carbocycles. The highest BCUT2D eigenvalue weighted by Crippen LogP contribution is 2.28. The Hall–Kier alpha value is -3.03. The molecule has 19 heavy (non-hydrogen) atoms. The summed E-state index contributed by atoms with van der Waals surface area (Å²) in [4.78, 5) is 28.4. The minimum absolute atomic E-state index is 0.0605. The summed E-state index contributed by atoms with van der Waals surface area (Å²) >= 11 is 0. The van der Waals surface area contributed by atoms with E-state index in [-0.39, 0.29) is 11.7 Å². The highest BCUT2D eigenvalue weighted by Gasteiger charge is 2.15. The maximum Gasteiger partial charge on any atom is 0.412 e. The van der Waals surface area contributed by atoms with E-state index in [9.17, 15) is 14.9 Å². The molecule has 2 rings (SSSR count). The minimum Gasteiger partial charge on any atom is -0.374 e. The summed E-state index contributed by atoms with van der Waals surface area (Å²) in [6.45, 7) is 0. The number of amides is 1. The van der Waals surface area contributed by atoms with Crippen LogP contribution in [0.3, 0.4) is 0 Å². The molecule has 0 aliphatic heterocycles. The van der Waals surface area contributed by atoms with Gasteiger partial charge < -0.3 is 10.5 Å². The number of nitro benzene ring substituents is 1. The summed E-state index contributed by atoms with van der Waals surface area (Å²) in [6, 6.07) is 5.97. The Labute approximate surface area is 107 Å². The molecule has 1 amide bonds. The van der Waals surface area contributed by atoms with Crippen LogP contribution >= 0.6 is 0 Å². The molecule has 1 aromatic carbocycles. The van der Waals surface area contributed by atoms with Gasteiger partial charge in [0.05, 0.1) is 10.5 Å². The van der Waals surface area contributed by atoms with Gasteiger partial charge in [0.25, 0.3) is 5.69 Å². The Bertz CT molecular complexity index is 627. The third kappa shape index (κ3) is 2.80. The minimum atomic E-state index is -1.03. The van der Waals surface area contributed by atoms with E-state index >= 15 is 0 Å². The van der Waals surface area contributed by atoms with E-state index in [1.807, 2.05) is 0 Å². The van der Waals surface area contributed by atoms with E-state index in [1.165, 1.54) is 18.5 Å². The highest BCUT2D eigenvalue weighted by atomic mass is 16.6. The molecule has 2 N–H and O–H groups in total. The maximum absolute atomic E-state index is 10.9. The molecule has 0 bridgehead atoms. The van der Waals surface area contributed by atoms with Crippen molar-refractivity contribution in [2.45, 2.75) is 0 Å². The maximum atomic E-state index is 10.9. The van der Waals surface area contributed by atoms with Crippen molar-refractivity contribution in [1.82, 2.24) is 9.97 Å². The standard InChI is InChI=1S/C11H8N4O4/c12-10(16)19-11-13-5-7(6-14-11)8-3-1-2-4-9(8)15(17)18/h1-6H,(H2,12,16). The third-order valence-electron chi connectivity index (χ3n) is 2.23. The van der Waals surface area contributed by atoms with Crippen LogP contribution in [0.1, 0.15) is 0 Å². The van der Waals surface area contributed by atoms with E-state index in [1.54, 1.807) is 18.2 Å². The molecule has 0 aliphatic carbocycles. The average Bonchev–Trinajstić information content (AvgIpc) is 2.39. The molecule has 0 spiro atoms. The number of nitrogens with two attached hydrogens (primary N) is 1. The molecule has 96 valence electrons. The Morgan fingerprint density at radius 3 is 2.47 bits per heavy atom. The molecular weight excluding hydrogens is 252 g/mol. The van der Waals surface area contributed by atoms with Gasteiger partial charge in [0, 0.05) is 24.0 Å². The van der Waals surface area contributed by atoms with E-state index < -0.39 is 11.0 Å². The van der Waals surface area contributed by atoms with Gasteiger partial charge in [0.15, 0.2) is 0 Å². The van der Waals surface area contributed by atoms with Crippen LogP contribution in [0.4, 0.5) is 10.5 Å². The quantitative estimate of drug-likeness (QED) is 0.659. The van der Waals surface area contributed by atoms with Crippen molar-refractivity contribution in [3.8, 4) is 17.1 Å². The second-order valence-electron chi connectivity index (χ2n) is 3.45. The second-order valence-corrected chi connectivity index (χ2v) is 3.45. The number of primary amides is 1. The van der Waals surface area contributed by atoms with Crippen LogP contribution < -0.4 is 10.5 Å². The van der Waals surface area contributed by atoms with Crippen molar-refractivity contribution >= 4 is 11.8 Å². The number of rotatable bonds is 3. The molecule has 0 saturated heterocycles.